The Morgan fingerprint density at radius 1 is 0.960 bits per heavy atom. The van der Waals surface area contributed by atoms with E-state index < -0.39 is 11.9 Å². The number of hydrogen-bond acceptors (Lipinski definition) is 6. The fourth-order valence-corrected chi connectivity index (χ4v) is 3.26. The monoisotopic (exact) mass is 358 g/mol. The molecule has 25 heavy (non-hydrogen) atoms. The van der Waals surface area contributed by atoms with Crippen LogP contribution >= 0.6 is 0 Å². The lowest BCUT2D eigenvalue weighted by molar-refractivity contribution is -0.140. The standard InChI is InChI=1S/C17H34N4O4/c1-14(12-15(22)23)20-8-4-18-6-10-21(11-7-19-5-9-20)17(2,3)13-16(24)25/h14,18-19H,4-13H2,1-3H3,(H,22,23)(H,24,25). The SMILES string of the molecule is CC(CC(=O)O)N1CCNCCN(C(C)(C)CC(=O)O)CCNCC1. The van der Waals surface area contributed by atoms with E-state index in [0.717, 1.165) is 52.4 Å². The van der Waals surface area contributed by atoms with Gasteiger partial charge in [-0.1, -0.05) is 0 Å². The van der Waals surface area contributed by atoms with Crippen molar-refractivity contribution in [2.24, 2.45) is 0 Å². The highest BCUT2D eigenvalue weighted by Crippen LogP contribution is 2.18. The first kappa shape index (κ1) is 21.8. The van der Waals surface area contributed by atoms with Crippen molar-refractivity contribution in [3.8, 4) is 0 Å². The summed E-state index contributed by atoms with van der Waals surface area (Å²) < 4.78 is 0. The summed E-state index contributed by atoms with van der Waals surface area (Å²) in [4.78, 5) is 26.4. The van der Waals surface area contributed by atoms with Gasteiger partial charge in [-0.3, -0.25) is 19.4 Å². The summed E-state index contributed by atoms with van der Waals surface area (Å²) in [5.74, 6) is -1.55. The predicted octanol–water partition coefficient (Wildman–Crippen LogP) is -0.100. The molecule has 4 N–H and O–H groups in total. The molecule has 1 fully saturated rings. The van der Waals surface area contributed by atoms with Crippen LogP contribution in [0.25, 0.3) is 0 Å². The molecule has 1 aliphatic heterocycles. The van der Waals surface area contributed by atoms with Crippen molar-refractivity contribution in [2.45, 2.75) is 45.2 Å². The Bertz CT molecular complexity index is 417. The van der Waals surface area contributed by atoms with Crippen molar-refractivity contribution in [3.63, 3.8) is 0 Å². The fraction of sp³-hybridized carbons (Fsp3) is 0.882. The topological polar surface area (TPSA) is 105 Å². The number of carboxylic acids is 2. The molecule has 146 valence electrons. The van der Waals surface area contributed by atoms with Gasteiger partial charge in [-0.25, -0.2) is 0 Å². The number of aliphatic carboxylic acids is 2. The zero-order valence-corrected chi connectivity index (χ0v) is 15.8. The summed E-state index contributed by atoms with van der Waals surface area (Å²) in [6.45, 7) is 12.2. The van der Waals surface area contributed by atoms with Crippen LogP contribution in [-0.4, -0.2) is 95.9 Å². The Kier molecular flexibility index (Phi) is 9.34. The van der Waals surface area contributed by atoms with Crippen LogP contribution in [0.15, 0.2) is 0 Å². The quantitative estimate of drug-likeness (QED) is 0.522. The number of carboxylic acid groups (broad SMARTS) is 2. The summed E-state index contributed by atoms with van der Waals surface area (Å²) in [6.07, 6.45) is 0.268. The molecule has 0 amide bonds. The molecule has 0 bridgehead atoms. The lowest BCUT2D eigenvalue weighted by Gasteiger charge is -2.38. The molecule has 0 radical (unpaired) electrons. The molecule has 0 saturated carbocycles. The maximum atomic E-state index is 11.1. The molecule has 0 aromatic rings. The molecule has 1 atom stereocenters. The highest BCUT2D eigenvalue weighted by Gasteiger charge is 2.29. The van der Waals surface area contributed by atoms with Gasteiger partial charge < -0.3 is 20.8 Å². The zero-order chi connectivity index (χ0) is 18.9. The van der Waals surface area contributed by atoms with E-state index in [-0.39, 0.29) is 24.4 Å². The molecular weight excluding hydrogens is 324 g/mol. The summed E-state index contributed by atoms with van der Waals surface area (Å²) in [6, 6.07) is 0.00930. The van der Waals surface area contributed by atoms with Crippen molar-refractivity contribution in [2.75, 3.05) is 52.4 Å². The van der Waals surface area contributed by atoms with Crippen molar-refractivity contribution < 1.29 is 19.8 Å². The van der Waals surface area contributed by atoms with Gasteiger partial charge in [0.1, 0.15) is 0 Å². The Morgan fingerprint density at radius 3 is 1.88 bits per heavy atom. The minimum Gasteiger partial charge on any atom is -0.481 e. The van der Waals surface area contributed by atoms with Gasteiger partial charge in [0, 0.05) is 63.9 Å². The van der Waals surface area contributed by atoms with Crippen LogP contribution in [0.1, 0.15) is 33.6 Å². The highest BCUT2D eigenvalue weighted by atomic mass is 16.4. The van der Waals surface area contributed by atoms with Gasteiger partial charge in [0.25, 0.3) is 0 Å². The molecule has 8 heteroatoms. The van der Waals surface area contributed by atoms with Gasteiger partial charge in [0.2, 0.25) is 0 Å². The summed E-state index contributed by atoms with van der Waals surface area (Å²) in [5, 5.41) is 24.9. The van der Waals surface area contributed by atoms with Gasteiger partial charge in [0.15, 0.2) is 0 Å². The molecule has 8 nitrogen and oxygen atoms in total. The average molecular weight is 358 g/mol. The van der Waals surface area contributed by atoms with Gasteiger partial charge >= 0.3 is 11.9 Å². The minimum absolute atomic E-state index is 0.00930. The van der Waals surface area contributed by atoms with E-state index in [2.05, 4.69) is 20.4 Å². The number of rotatable bonds is 6. The number of hydrogen-bond donors (Lipinski definition) is 4. The molecule has 1 saturated heterocycles. The Hall–Kier alpha value is -1.22. The van der Waals surface area contributed by atoms with E-state index in [1.807, 2.05) is 20.8 Å². The van der Waals surface area contributed by atoms with Crippen molar-refractivity contribution in [1.82, 2.24) is 20.4 Å². The lowest BCUT2D eigenvalue weighted by Crippen LogP contribution is -2.52. The van der Waals surface area contributed by atoms with E-state index in [1.165, 1.54) is 0 Å². The first-order valence-corrected chi connectivity index (χ1v) is 9.06. The van der Waals surface area contributed by atoms with Gasteiger partial charge in [-0.2, -0.15) is 0 Å². The highest BCUT2D eigenvalue weighted by molar-refractivity contribution is 5.68. The van der Waals surface area contributed by atoms with Gasteiger partial charge in [0.05, 0.1) is 12.8 Å². The number of nitrogens with zero attached hydrogens (tertiary/aromatic N) is 2. The molecule has 1 heterocycles. The van der Waals surface area contributed by atoms with E-state index in [4.69, 9.17) is 10.2 Å². The van der Waals surface area contributed by atoms with Gasteiger partial charge in [-0.15, -0.1) is 0 Å². The Labute approximate surface area is 150 Å². The summed E-state index contributed by atoms with van der Waals surface area (Å²) >= 11 is 0. The third kappa shape index (κ3) is 8.62. The lowest BCUT2D eigenvalue weighted by atomic mass is 9.98. The maximum absolute atomic E-state index is 11.1. The second-order valence-electron chi connectivity index (χ2n) is 7.35. The molecule has 0 aromatic heterocycles. The molecule has 1 rings (SSSR count). The van der Waals surface area contributed by atoms with Gasteiger partial charge in [-0.05, 0) is 20.8 Å². The van der Waals surface area contributed by atoms with E-state index in [0.29, 0.717) is 0 Å². The predicted molar refractivity (Wildman–Crippen MR) is 96.9 cm³/mol. The largest absolute Gasteiger partial charge is 0.481 e. The number of carbonyl (C=O) groups is 2. The Morgan fingerprint density at radius 2 is 1.44 bits per heavy atom. The third-order valence-corrected chi connectivity index (χ3v) is 4.80. The third-order valence-electron chi connectivity index (χ3n) is 4.80. The fourth-order valence-electron chi connectivity index (χ4n) is 3.26. The Balaban J connectivity index is 2.57. The minimum atomic E-state index is -0.778. The van der Waals surface area contributed by atoms with Crippen molar-refractivity contribution in [1.29, 1.82) is 0 Å². The first-order valence-electron chi connectivity index (χ1n) is 9.06. The van der Waals surface area contributed by atoms with Crippen molar-refractivity contribution >= 4 is 11.9 Å². The van der Waals surface area contributed by atoms with Crippen LogP contribution in [0.3, 0.4) is 0 Å². The molecule has 0 aliphatic carbocycles. The number of nitrogens with one attached hydrogen (secondary N) is 2. The molecule has 1 aliphatic rings. The van der Waals surface area contributed by atoms with E-state index in [9.17, 15) is 9.59 Å². The van der Waals surface area contributed by atoms with Crippen LogP contribution in [0.4, 0.5) is 0 Å². The molecular formula is C17H34N4O4. The van der Waals surface area contributed by atoms with Crippen LogP contribution in [0.5, 0.6) is 0 Å². The molecule has 0 spiro atoms. The van der Waals surface area contributed by atoms with Crippen molar-refractivity contribution in [3.05, 3.63) is 0 Å². The molecule has 1 unspecified atom stereocenters. The molecule has 0 aromatic carbocycles. The second kappa shape index (κ2) is 10.7. The second-order valence-corrected chi connectivity index (χ2v) is 7.35. The van der Waals surface area contributed by atoms with Crippen LogP contribution in [0, 0.1) is 0 Å². The van der Waals surface area contributed by atoms with Crippen LogP contribution in [0.2, 0.25) is 0 Å². The normalized spacial score (nSPS) is 21.1. The maximum Gasteiger partial charge on any atom is 0.305 e. The smallest absolute Gasteiger partial charge is 0.305 e. The first-order chi connectivity index (χ1) is 11.7. The average Bonchev–Trinajstić information content (AvgIpc) is 2.45. The zero-order valence-electron chi connectivity index (χ0n) is 15.8. The van der Waals surface area contributed by atoms with Crippen LogP contribution < -0.4 is 10.6 Å². The van der Waals surface area contributed by atoms with Crippen LogP contribution in [-0.2, 0) is 9.59 Å². The van der Waals surface area contributed by atoms with E-state index >= 15 is 0 Å². The summed E-state index contributed by atoms with van der Waals surface area (Å²) in [7, 11) is 0. The van der Waals surface area contributed by atoms with E-state index in [1.54, 1.807) is 0 Å². The summed E-state index contributed by atoms with van der Waals surface area (Å²) in [5.41, 5.74) is -0.388.